The molecule has 0 atom stereocenters. The molecule has 1 aromatic rings. The molecule has 0 saturated carbocycles. The number of H-pyrrole nitrogens is 1. The summed E-state index contributed by atoms with van der Waals surface area (Å²) in [5.74, 6) is -0.725. The van der Waals surface area contributed by atoms with Gasteiger partial charge >= 0.3 is 0 Å². The number of hydrogen-bond acceptors (Lipinski definition) is 2. The van der Waals surface area contributed by atoms with Gasteiger partial charge in [-0.2, -0.15) is 0 Å². The Morgan fingerprint density at radius 2 is 2.25 bits per heavy atom. The fourth-order valence-electron chi connectivity index (χ4n) is 0.781. The highest BCUT2D eigenvalue weighted by Crippen LogP contribution is 2.07. The molecule has 0 bridgehead atoms. The minimum atomic E-state index is -0.725. The van der Waals surface area contributed by atoms with Crippen molar-refractivity contribution in [3.05, 3.63) is 32.2 Å². The zero-order valence-corrected chi connectivity index (χ0v) is 7.94. The first-order valence-corrected chi connectivity index (χ1v) is 4.01. The zero-order chi connectivity index (χ0) is 9.30. The average molecular weight is 231 g/mol. The summed E-state index contributed by atoms with van der Waals surface area (Å²) in [4.78, 5) is 24.7. The number of aromatic nitrogens is 1. The van der Waals surface area contributed by atoms with Gasteiger partial charge in [-0.15, -0.1) is 0 Å². The summed E-state index contributed by atoms with van der Waals surface area (Å²) in [5, 5.41) is 0. The Morgan fingerprint density at radius 3 is 2.75 bits per heavy atom. The van der Waals surface area contributed by atoms with Crippen molar-refractivity contribution in [1.29, 1.82) is 0 Å². The molecule has 0 aliphatic rings. The summed E-state index contributed by atoms with van der Waals surface area (Å²) in [5.41, 5.74) is 5.21. The van der Waals surface area contributed by atoms with Crippen LogP contribution in [0.25, 0.3) is 0 Å². The highest BCUT2D eigenvalue weighted by Gasteiger charge is 2.09. The van der Waals surface area contributed by atoms with E-state index in [9.17, 15) is 9.59 Å². The predicted octanol–water partition coefficient (Wildman–Crippen LogP) is 0.545. The summed E-state index contributed by atoms with van der Waals surface area (Å²) in [6, 6.07) is 0. The van der Waals surface area contributed by atoms with Gasteiger partial charge in [0.25, 0.3) is 5.91 Å². The summed E-state index contributed by atoms with van der Waals surface area (Å²) in [6.45, 7) is 1.72. The van der Waals surface area contributed by atoms with Crippen molar-refractivity contribution in [2.45, 2.75) is 6.92 Å². The SMILES string of the molecule is Cc1[nH]cc(C(N)=O)c(=O)c1Br. The third kappa shape index (κ3) is 1.40. The lowest BCUT2D eigenvalue weighted by atomic mass is 10.2. The van der Waals surface area contributed by atoms with E-state index >= 15 is 0 Å². The Balaban J connectivity index is 3.47. The van der Waals surface area contributed by atoms with Crippen molar-refractivity contribution in [1.82, 2.24) is 4.98 Å². The van der Waals surface area contributed by atoms with Crippen LogP contribution in [0.5, 0.6) is 0 Å². The maximum atomic E-state index is 11.3. The molecule has 3 N–H and O–H groups in total. The van der Waals surface area contributed by atoms with Crippen molar-refractivity contribution in [3.8, 4) is 0 Å². The van der Waals surface area contributed by atoms with Crippen molar-refractivity contribution in [2.75, 3.05) is 0 Å². The van der Waals surface area contributed by atoms with Gasteiger partial charge in [0.15, 0.2) is 0 Å². The molecule has 0 radical (unpaired) electrons. The summed E-state index contributed by atoms with van der Waals surface area (Å²) < 4.78 is 0.346. The van der Waals surface area contributed by atoms with E-state index in [4.69, 9.17) is 5.73 Å². The minimum absolute atomic E-state index is 0.0347. The maximum absolute atomic E-state index is 11.3. The van der Waals surface area contributed by atoms with Crippen LogP contribution in [0.2, 0.25) is 0 Å². The molecule has 64 valence electrons. The lowest BCUT2D eigenvalue weighted by Crippen LogP contribution is -2.22. The van der Waals surface area contributed by atoms with E-state index in [1.54, 1.807) is 6.92 Å². The second-order valence-corrected chi connectivity index (χ2v) is 3.13. The number of nitrogens with two attached hydrogens (primary N) is 1. The van der Waals surface area contributed by atoms with Gasteiger partial charge in [-0.05, 0) is 22.9 Å². The first-order valence-electron chi connectivity index (χ1n) is 3.21. The Kier molecular flexibility index (Phi) is 2.32. The Labute approximate surface area is 76.9 Å². The van der Waals surface area contributed by atoms with Crippen molar-refractivity contribution in [2.24, 2.45) is 5.73 Å². The molecule has 0 saturated heterocycles. The number of aryl methyl sites for hydroxylation is 1. The van der Waals surface area contributed by atoms with Crippen LogP contribution >= 0.6 is 15.9 Å². The normalized spacial score (nSPS) is 9.83. The number of pyridine rings is 1. The second kappa shape index (κ2) is 3.10. The van der Waals surface area contributed by atoms with E-state index in [0.29, 0.717) is 10.2 Å². The van der Waals surface area contributed by atoms with E-state index in [0.717, 1.165) is 0 Å². The molecule has 0 fully saturated rings. The van der Waals surface area contributed by atoms with E-state index < -0.39 is 5.91 Å². The van der Waals surface area contributed by atoms with Gasteiger partial charge in [-0.1, -0.05) is 0 Å². The fraction of sp³-hybridized carbons (Fsp3) is 0.143. The number of hydrogen-bond donors (Lipinski definition) is 2. The van der Waals surface area contributed by atoms with Crippen LogP contribution in [0, 0.1) is 6.92 Å². The maximum Gasteiger partial charge on any atom is 0.254 e. The van der Waals surface area contributed by atoms with E-state index in [1.807, 2.05) is 0 Å². The van der Waals surface area contributed by atoms with Crippen molar-refractivity contribution < 1.29 is 4.79 Å². The molecule has 0 unspecified atom stereocenters. The Bertz CT molecular complexity index is 383. The monoisotopic (exact) mass is 230 g/mol. The Morgan fingerprint density at radius 1 is 1.67 bits per heavy atom. The van der Waals surface area contributed by atoms with Gasteiger partial charge in [-0.25, -0.2) is 0 Å². The number of carbonyl (C=O) groups is 1. The lowest BCUT2D eigenvalue weighted by molar-refractivity contribution is 0.0999. The van der Waals surface area contributed by atoms with Gasteiger partial charge in [0.05, 0.1) is 4.47 Å². The summed E-state index contributed by atoms with van der Waals surface area (Å²) >= 11 is 3.05. The van der Waals surface area contributed by atoms with Crippen molar-refractivity contribution >= 4 is 21.8 Å². The molecule has 1 amide bonds. The largest absolute Gasteiger partial charge is 0.365 e. The number of carbonyl (C=O) groups excluding carboxylic acids is 1. The third-order valence-electron chi connectivity index (χ3n) is 1.47. The van der Waals surface area contributed by atoms with E-state index in [1.165, 1.54) is 6.20 Å². The van der Waals surface area contributed by atoms with Crippen molar-refractivity contribution in [3.63, 3.8) is 0 Å². The van der Waals surface area contributed by atoms with Gasteiger partial charge in [0, 0.05) is 11.9 Å². The van der Waals surface area contributed by atoms with Gasteiger partial charge in [0.2, 0.25) is 5.43 Å². The second-order valence-electron chi connectivity index (χ2n) is 2.33. The predicted molar refractivity (Wildman–Crippen MR) is 48.0 cm³/mol. The van der Waals surface area contributed by atoms with Gasteiger partial charge in [0.1, 0.15) is 5.56 Å². The molecule has 1 rings (SSSR count). The molecule has 0 spiro atoms. The lowest BCUT2D eigenvalue weighted by Gasteiger charge is -1.98. The molecule has 5 heteroatoms. The number of primary amides is 1. The van der Waals surface area contributed by atoms with Gasteiger partial charge < -0.3 is 10.7 Å². The highest BCUT2D eigenvalue weighted by molar-refractivity contribution is 9.10. The first kappa shape index (κ1) is 8.99. The zero-order valence-electron chi connectivity index (χ0n) is 6.35. The number of nitrogens with one attached hydrogen (secondary N) is 1. The molecule has 0 aliphatic heterocycles. The number of aromatic amines is 1. The summed E-state index contributed by atoms with van der Waals surface area (Å²) in [7, 11) is 0. The number of rotatable bonds is 1. The van der Waals surface area contributed by atoms with Crippen LogP contribution in [0.3, 0.4) is 0 Å². The molecule has 0 aliphatic carbocycles. The van der Waals surface area contributed by atoms with Gasteiger partial charge in [-0.3, -0.25) is 9.59 Å². The van der Waals surface area contributed by atoms with E-state index in [2.05, 4.69) is 20.9 Å². The highest BCUT2D eigenvalue weighted by atomic mass is 79.9. The molecule has 1 aromatic heterocycles. The number of amides is 1. The van der Waals surface area contributed by atoms with Crippen LogP contribution < -0.4 is 11.2 Å². The first-order chi connectivity index (χ1) is 5.54. The Hall–Kier alpha value is -1.10. The topological polar surface area (TPSA) is 76.0 Å². The molecule has 4 nitrogen and oxygen atoms in total. The molecule has 0 aromatic carbocycles. The minimum Gasteiger partial charge on any atom is -0.365 e. The fourth-order valence-corrected chi connectivity index (χ4v) is 1.11. The third-order valence-corrected chi connectivity index (χ3v) is 2.43. The molecule has 1 heterocycles. The summed E-state index contributed by atoms with van der Waals surface area (Å²) in [6.07, 6.45) is 1.31. The van der Waals surface area contributed by atoms with Crippen LogP contribution in [0.15, 0.2) is 15.5 Å². The molecule has 12 heavy (non-hydrogen) atoms. The van der Waals surface area contributed by atoms with E-state index in [-0.39, 0.29) is 11.0 Å². The van der Waals surface area contributed by atoms with Crippen LogP contribution in [0.1, 0.15) is 16.1 Å². The number of halogens is 1. The molecular weight excluding hydrogens is 224 g/mol. The van der Waals surface area contributed by atoms with Crippen LogP contribution in [-0.2, 0) is 0 Å². The molecular formula is C7H7BrN2O2. The standard InChI is InChI=1S/C7H7BrN2O2/c1-3-5(8)6(11)4(2-10-3)7(9)12/h2H,1H3,(H2,9,12)(H,10,11). The van der Waals surface area contributed by atoms with Crippen LogP contribution in [0.4, 0.5) is 0 Å². The van der Waals surface area contributed by atoms with Crippen LogP contribution in [-0.4, -0.2) is 10.9 Å². The smallest absolute Gasteiger partial charge is 0.254 e. The average Bonchev–Trinajstić information content (AvgIpc) is 2.00. The quantitative estimate of drug-likeness (QED) is 0.740.